The fourth-order valence-corrected chi connectivity index (χ4v) is 2.37. The Morgan fingerprint density at radius 2 is 2.05 bits per heavy atom. The minimum absolute atomic E-state index is 0.0538. The quantitative estimate of drug-likeness (QED) is 0.905. The fourth-order valence-electron chi connectivity index (χ4n) is 2.37. The zero-order chi connectivity index (χ0) is 14.8. The number of nitrogens with one attached hydrogen (secondary N) is 1. The number of rotatable bonds is 3. The number of likely N-dealkylation sites (tertiary alicyclic amines) is 1. The van der Waals surface area contributed by atoms with Crippen molar-refractivity contribution in [3.8, 4) is 0 Å². The molecule has 0 spiro atoms. The summed E-state index contributed by atoms with van der Waals surface area (Å²) in [7, 11) is 0. The molecular weight excluding hydrogens is 254 g/mol. The summed E-state index contributed by atoms with van der Waals surface area (Å²) in [6.07, 6.45) is 3.70. The highest BCUT2D eigenvalue weighted by Crippen LogP contribution is 2.25. The molecule has 1 saturated heterocycles. The Hall–Kier alpha value is -1.91. The first-order valence-electron chi connectivity index (χ1n) is 6.85. The second-order valence-corrected chi connectivity index (χ2v) is 6.15. The van der Waals surface area contributed by atoms with Crippen LogP contribution in [0, 0.1) is 5.92 Å². The summed E-state index contributed by atoms with van der Waals surface area (Å²) in [6, 6.07) is 3.73. The number of amides is 2. The average molecular weight is 275 g/mol. The molecule has 0 radical (unpaired) electrons. The summed E-state index contributed by atoms with van der Waals surface area (Å²) in [4.78, 5) is 29.8. The predicted octanol–water partition coefficient (Wildman–Crippen LogP) is 1.34. The SMILES string of the molecule is CC(C)(C)N1CC(C(=O)NCc2ccncc2)CC1=O. The maximum atomic E-state index is 12.1. The van der Waals surface area contributed by atoms with Gasteiger partial charge in [-0.1, -0.05) is 0 Å². The molecule has 20 heavy (non-hydrogen) atoms. The molecule has 1 aromatic heterocycles. The van der Waals surface area contributed by atoms with Crippen LogP contribution in [-0.2, 0) is 16.1 Å². The summed E-state index contributed by atoms with van der Waals surface area (Å²) < 4.78 is 0. The first-order valence-corrected chi connectivity index (χ1v) is 6.85. The zero-order valence-corrected chi connectivity index (χ0v) is 12.2. The van der Waals surface area contributed by atoms with E-state index in [4.69, 9.17) is 0 Å². The van der Waals surface area contributed by atoms with Gasteiger partial charge in [-0.05, 0) is 38.5 Å². The van der Waals surface area contributed by atoms with Gasteiger partial charge in [0, 0.05) is 37.4 Å². The van der Waals surface area contributed by atoms with E-state index in [0.717, 1.165) is 5.56 Å². The summed E-state index contributed by atoms with van der Waals surface area (Å²) in [6.45, 7) is 6.94. The van der Waals surface area contributed by atoms with E-state index in [1.54, 1.807) is 17.3 Å². The predicted molar refractivity (Wildman–Crippen MR) is 75.7 cm³/mol. The largest absolute Gasteiger partial charge is 0.352 e. The minimum Gasteiger partial charge on any atom is -0.352 e. The van der Waals surface area contributed by atoms with Crippen LogP contribution in [0.4, 0.5) is 0 Å². The van der Waals surface area contributed by atoms with Crippen molar-refractivity contribution in [2.24, 2.45) is 5.92 Å². The molecule has 1 atom stereocenters. The van der Waals surface area contributed by atoms with E-state index >= 15 is 0 Å². The summed E-state index contributed by atoms with van der Waals surface area (Å²) >= 11 is 0. The molecule has 1 fully saturated rings. The van der Waals surface area contributed by atoms with Crippen LogP contribution in [0.15, 0.2) is 24.5 Å². The van der Waals surface area contributed by atoms with Gasteiger partial charge in [0.25, 0.3) is 0 Å². The van der Waals surface area contributed by atoms with Crippen LogP contribution in [0.5, 0.6) is 0 Å². The van der Waals surface area contributed by atoms with Gasteiger partial charge < -0.3 is 10.2 Å². The second kappa shape index (κ2) is 5.61. The average Bonchev–Trinajstić information content (AvgIpc) is 2.79. The van der Waals surface area contributed by atoms with Crippen LogP contribution < -0.4 is 5.32 Å². The maximum Gasteiger partial charge on any atom is 0.225 e. The van der Waals surface area contributed by atoms with Gasteiger partial charge in [-0.25, -0.2) is 0 Å². The van der Waals surface area contributed by atoms with Crippen molar-refractivity contribution in [1.82, 2.24) is 15.2 Å². The molecule has 1 aliphatic heterocycles. The van der Waals surface area contributed by atoms with Crippen LogP contribution >= 0.6 is 0 Å². The Morgan fingerprint density at radius 3 is 2.60 bits per heavy atom. The smallest absolute Gasteiger partial charge is 0.225 e. The number of nitrogens with zero attached hydrogens (tertiary/aromatic N) is 2. The van der Waals surface area contributed by atoms with E-state index in [-0.39, 0.29) is 23.3 Å². The monoisotopic (exact) mass is 275 g/mol. The standard InChI is InChI=1S/C15H21N3O2/c1-15(2,3)18-10-12(8-13(18)19)14(20)17-9-11-4-6-16-7-5-11/h4-7,12H,8-10H2,1-3H3,(H,17,20). The van der Waals surface area contributed by atoms with E-state index in [1.807, 2.05) is 32.9 Å². The first kappa shape index (κ1) is 14.5. The molecule has 1 N–H and O–H groups in total. The topological polar surface area (TPSA) is 62.3 Å². The van der Waals surface area contributed by atoms with Gasteiger partial charge in [-0.15, -0.1) is 0 Å². The number of carbonyl (C=O) groups is 2. The van der Waals surface area contributed by atoms with Crippen LogP contribution in [0.3, 0.4) is 0 Å². The summed E-state index contributed by atoms with van der Waals surface area (Å²) in [5.74, 6) is -0.243. The number of pyridine rings is 1. The maximum absolute atomic E-state index is 12.1. The number of carbonyl (C=O) groups excluding carboxylic acids is 2. The number of hydrogen-bond acceptors (Lipinski definition) is 3. The Balaban J connectivity index is 1.90. The van der Waals surface area contributed by atoms with Crippen molar-refractivity contribution in [1.29, 1.82) is 0 Å². The molecule has 0 aliphatic carbocycles. The van der Waals surface area contributed by atoms with E-state index in [2.05, 4.69) is 10.3 Å². The lowest BCUT2D eigenvalue weighted by atomic mass is 10.1. The lowest BCUT2D eigenvalue weighted by Gasteiger charge is -2.31. The molecule has 2 amide bonds. The number of aromatic nitrogens is 1. The first-order chi connectivity index (χ1) is 9.38. The van der Waals surface area contributed by atoms with E-state index in [9.17, 15) is 9.59 Å². The Labute approximate surface area is 119 Å². The van der Waals surface area contributed by atoms with Crippen LogP contribution in [0.1, 0.15) is 32.8 Å². The third-order valence-electron chi connectivity index (χ3n) is 3.52. The van der Waals surface area contributed by atoms with Crippen molar-refractivity contribution in [3.63, 3.8) is 0 Å². The van der Waals surface area contributed by atoms with Gasteiger partial charge in [-0.3, -0.25) is 14.6 Å². The summed E-state index contributed by atoms with van der Waals surface area (Å²) in [5.41, 5.74) is 0.780. The summed E-state index contributed by atoms with van der Waals surface area (Å²) in [5, 5.41) is 2.89. The molecule has 1 aliphatic rings. The number of hydrogen-bond donors (Lipinski definition) is 1. The minimum atomic E-state index is -0.247. The third kappa shape index (κ3) is 3.35. The van der Waals surface area contributed by atoms with E-state index < -0.39 is 0 Å². The third-order valence-corrected chi connectivity index (χ3v) is 3.52. The lowest BCUT2D eigenvalue weighted by Crippen LogP contribution is -2.43. The van der Waals surface area contributed by atoms with Crippen molar-refractivity contribution in [3.05, 3.63) is 30.1 Å². The molecule has 108 valence electrons. The van der Waals surface area contributed by atoms with Crippen molar-refractivity contribution in [2.45, 2.75) is 39.3 Å². The normalized spacial score (nSPS) is 19.2. The lowest BCUT2D eigenvalue weighted by molar-refractivity contribution is -0.132. The van der Waals surface area contributed by atoms with Crippen LogP contribution in [-0.4, -0.2) is 33.8 Å². The molecular formula is C15H21N3O2. The van der Waals surface area contributed by atoms with Crippen molar-refractivity contribution in [2.75, 3.05) is 6.54 Å². The molecule has 2 heterocycles. The van der Waals surface area contributed by atoms with Crippen LogP contribution in [0.2, 0.25) is 0 Å². The van der Waals surface area contributed by atoms with Crippen molar-refractivity contribution < 1.29 is 9.59 Å². The van der Waals surface area contributed by atoms with E-state index in [1.165, 1.54) is 0 Å². The molecule has 0 bridgehead atoms. The van der Waals surface area contributed by atoms with Gasteiger partial charge in [0.15, 0.2) is 0 Å². The molecule has 1 unspecified atom stereocenters. The van der Waals surface area contributed by atoms with Crippen molar-refractivity contribution >= 4 is 11.8 Å². The Kier molecular flexibility index (Phi) is 4.06. The van der Waals surface area contributed by atoms with Gasteiger partial charge in [0.1, 0.15) is 0 Å². The molecule has 5 heteroatoms. The highest BCUT2D eigenvalue weighted by Gasteiger charge is 2.39. The molecule has 0 aromatic carbocycles. The highest BCUT2D eigenvalue weighted by molar-refractivity contribution is 5.89. The zero-order valence-electron chi connectivity index (χ0n) is 12.2. The fraction of sp³-hybridized carbons (Fsp3) is 0.533. The van der Waals surface area contributed by atoms with Gasteiger partial charge in [0.05, 0.1) is 5.92 Å². The van der Waals surface area contributed by atoms with Gasteiger partial charge >= 0.3 is 0 Å². The van der Waals surface area contributed by atoms with Gasteiger partial charge in [-0.2, -0.15) is 0 Å². The molecule has 2 rings (SSSR count). The Morgan fingerprint density at radius 1 is 1.40 bits per heavy atom. The Bertz CT molecular complexity index is 494. The molecule has 1 aromatic rings. The molecule has 5 nitrogen and oxygen atoms in total. The highest BCUT2D eigenvalue weighted by atomic mass is 16.2. The van der Waals surface area contributed by atoms with E-state index in [0.29, 0.717) is 19.5 Å². The van der Waals surface area contributed by atoms with Crippen LogP contribution in [0.25, 0.3) is 0 Å². The van der Waals surface area contributed by atoms with Gasteiger partial charge in [0.2, 0.25) is 11.8 Å². The molecule has 0 saturated carbocycles. The second-order valence-electron chi connectivity index (χ2n) is 6.15.